The fourth-order valence-electron chi connectivity index (χ4n) is 5.55. The Balaban J connectivity index is 1.21. The molecule has 172 valence electrons. The molecule has 4 aromatic rings. The molecule has 1 unspecified atom stereocenters. The Morgan fingerprint density at radius 2 is 1.68 bits per heavy atom. The molecule has 4 heterocycles. The van der Waals surface area contributed by atoms with Crippen LogP contribution in [-0.4, -0.2) is 45.7 Å². The zero-order valence-electron chi connectivity index (χ0n) is 18.9. The molecule has 0 bridgehead atoms. The van der Waals surface area contributed by atoms with E-state index in [1.807, 2.05) is 29.2 Å². The number of rotatable bonds is 3. The summed E-state index contributed by atoms with van der Waals surface area (Å²) >= 11 is 0. The summed E-state index contributed by atoms with van der Waals surface area (Å²) in [5.41, 5.74) is 4.72. The normalized spacial score (nSPS) is 18.8. The Kier molecular flexibility index (Phi) is 5.21. The lowest BCUT2D eigenvalue weighted by molar-refractivity contribution is -0.137. The summed E-state index contributed by atoms with van der Waals surface area (Å²) in [6.07, 6.45) is 5.99. The molecule has 6 rings (SSSR count). The van der Waals surface area contributed by atoms with E-state index < -0.39 is 6.04 Å². The highest BCUT2D eigenvalue weighted by Crippen LogP contribution is 2.34. The van der Waals surface area contributed by atoms with Crippen LogP contribution in [0.4, 0.5) is 0 Å². The van der Waals surface area contributed by atoms with Crippen molar-refractivity contribution in [1.29, 1.82) is 0 Å². The van der Waals surface area contributed by atoms with E-state index in [1.165, 1.54) is 17.2 Å². The van der Waals surface area contributed by atoms with Crippen LogP contribution >= 0.6 is 0 Å². The smallest absolute Gasteiger partial charge is 0.290 e. The number of piperidine rings is 1. The minimum atomic E-state index is -0.517. The van der Waals surface area contributed by atoms with Gasteiger partial charge in [0, 0.05) is 43.2 Å². The minimum Gasteiger partial charge on any atom is -0.459 e. The lowest BCUT2D eigenvalue weighted by Crippen LogP contribution is -2.54. The molecule has 2 aliphatic rings. The second kappa shape index (κ2) is 8.52. The summed E-state index contributed by atoms with van der Waals surface area (Å²) in [5, 5.41) is 1.27. The van der Waals surface area contributed by atoms with Gasteiger partial charge in [0.25, 0.3) is 5.91 Å². The van der Waals surface area contributed by atoms with Crippen LogP contribution in [0.2, 0.25) is 0 Å². The predicted octanol–water partition coefficient (Wildman–Crippen LogP) is 4.73. The van der Waals surface area contributed by atoms with Gasteiger partial charge in [-0.2, -0.15) is 0 Å². The van der Waals surface area contributed by atoms with Crippen LogP contribution in [0.15, 0.2) is 77.5 Å². The zero-order valence-corrected chi connectivity index (χ0v) is 18.9. The Morgan fingerprint density at radius 1 is 0.912 bits per heavy atom. The van der Waals surface area contributed by atoms with E-state index in [9.17, 15) is 9.59 Å². The molecule has 0 aliphatic carbocycles. The fourth-order valence-corrected chi connectivity index (χ4v) is 5.55. The number of amides is 2. The maximum atomic E-state index is 13.7. The standard InChI is InChI=1S/C28H27N3O3/c32-27(30-13-11-19(12-14-30)23-17-29-24-9-4-3-8-22(23)24)25-16-20-6-1-2-7-21(20)18-31(25)28(33)26-10-5-15-34-26/h1-10,15,17,19,25,29H,11-14,16,18H2. The van der Waals surface area contributed by atoms with Gasteiger partial charge in [-0.15, -0.1) is 0 Å². The van der Waals surface area contributed by atoms with Crippen LogP contribution in [0.5, 0.6) is 0 Å². The van der Waals surface area contributed by atoms with Crippen molar-refractivity contribution in [2.45, 2.75) is 37.8 Å². The van der Waals surface area contributed by atoms with E-state index in [0.717, 1.165) is 29.5 Å². The van der Waals surface area contributed by atoms with Crippen molar-refractivity contribution < 1.29 is 14.0 Å². The zero-order chi connectivity index (χ0) is 23.1. The van der Waals surface area contributed by atoms with Crippen molar-refractivity contribution in [3.63, 3.8) is 0 Å². The van der Waals surface area contributed by atoms with Crippen molar-refractivity contribution in [2.75, 3.05) is 13.1 Å². The Bertz CT molecular complexity index is 1330. The lowest BCUT2D eigenvalue weighted by Gasteiger charge is -2.40. The van der Waals surface area contributed by atoms with E-state index in [-0.39, 0.29) is 17.6 Å². The molecule has 2 aromatic heterocycles. The highest BCUT2D eigenvalue weighted by Gasteiger charge is 2.39. The molecule has 0 saturated carbocycles. The third kappa shape index (κ3) is 3.59. The van der Waals surface area contributed by atoms with Gasteiger partial charge in [0.1, 0.15) is 6.04 Å². The first-order valence-electron chi connectivity index (χ1n) is 11.9. The quantitative estimate of drug-likeness (QED) is 0.487. The number of aromatic amines is 1. The number of benzene rings is 2. The van der Waals surface area contributed by atoms with E-state index >= 15 is 0 Å². The summed E-state index contributed by atoms with van der Waals surface area (Å²) in [6.45, 7) is 1.81. The number of fused-ring (bicyclic) bond motifs is 2. The van der Waals surface area contributed by atoms with Crippen LogP contribution in [0, 0.1) is 0 Å². The van der Waals surface area contributed by atoms with Crippen LogP contribution in [0.1, 0.15) is 46.0 Å². The Labute approximate surface area is 198 Å². The average molecular weight is 454 g/mol. The van der Waals surface area contributed by atoms with Crippen molar-refractivity contribution in [3.05, 3.63) is 95.6 Å². The predicted molar refractivity (Wildman–Crippen MR) is 129 cm³/mol. The lowest BCUT2D eigenvalue weighted by atomic mass is 9.88. The molecule has 34 heavy (non-hydrogen) atoms. The number of aromatic nitrogens is 1. The van der Waals surface area contributed by atoms with Crippen molar-refractivity contribution in [3.8, 4) is 0 Å². The summed E-state index contributed by atoms with van der Waals surface area (Å²) in [7, 11) is 0. The number of carbonyl (C=O) groups excluding carboxylic acids is 2. The molecule has 1 saturated heterocycles. The summed E-state index contributed by atoms with van der Waals surface area (Å²) in [4.78, 5) is 34.0. The first-order valence-corrected chi connectivity index (χ1v) is 11.9. The van der Waals surface area contributed by atoms with Gasteiger partial charge < -0.3 is 19.2 Å². The van der Waals surface area contributed by atoms with Crippen molar-refractivity contribution in [1.82, 2.24) is 14.8 Å². The van der Waals surface area contributed by atoms with Gasteiger partial charge in [0.15, 0.2) is 5.76 Å². The topological polar surface area (TPSA) is 69.6 Å². The molecule has 1 atom stereocenters. The molecule has 2 aliphatic heterocycles. The molecular weight excluding hydrogens is 426 g/mol. The maximum Gasteiger partial charge on any atom is 0.290 e. The molecule has 2 aromatic carbocycles. The number of nitrogens with one attached hydrogen (secondary N) is 1. The first kappa shape index (κ1) is 20.8. The number of hydrogen-bond donors (Lipinski definition) is 1. The number of H-pyrrole nitrogens is 1. The van der Waals surface area contributed by atoms with E-state index in [0.29, 0.717) is 32.0 Å². The first-order chi connectivity index (χ1) is 16.7. The molecule has 0 radical (unpaired) electrons. The average Bonchev–Trinajstić information content (AvgIpc) is 3.58. The third-order valence-corrected chi connectivity index (χ3v) is 7.39. The Hall–Kier alpha value is -3.80. The Morgan fingerprint density at radius 3 is 2.47 bits per heavy atom. The van der Waals surface area contributed by atoms with Gasteiger partial charge in [0.2, 0.25) is 5.91 Å². The largest absolute Gasteiger partial charge is 0.459 e. The van der Waals surface area contributed by atoms with E-state index in [1.54, 1.807) is 17.0 Å². The van der Waals surface area contributed by atoms with Crippen LogP contribution in [0.3, 0.4) is 0 Å². The van der Waals surface area contributed by atoms with Crippen molar-refractivity contribution >= 4 is 22.7 Å². The molecular formula is C28H27N3O3. The number of nitrogens with zero attached hydrogens (tertiary/aromatic N) is 2. The number of likely N-dealkylation sites (tertiary alicyclic amines) is 1. The molecule has 0 spiro atoms. The molecule has 6 heteroatoms. The monoisotopic (exact) mass is 453 g/mol. The number of furan rings is 1. The minimum absolute atomic E-state index is 0.0341. The highest BCUT2D eigenvalue weighted by molar-refractivity contribution is 5.96. The molecule has 1 fully saturated rings. The summed E-state index contributed by atoms with van der Waals surface area (Å²) < 4.78 is 5.38. The number of para-hydroxylation sites is 1. The van der Waals surface area contributed by atoms with E-state index in [4.69, 9.17) is 4.42 Å². The molecule has 2 amide bonds. The van der Waals surface area contributed by atoms with Crippen LogP contribution < -0.4 is 0 Å². The van der Waals surface area contributed by atoms with Gasteiger partial charge in [-0.1, -0.05) is 42.5 Å². The SMILES string of the molecule is O=C(C1Cc2ccccc2CN1C(=O)c1ccco1)N1CCC(c2c[nH]c3ccccc23)CC1. The highest BCUT2D eigenvalue weighted by atomic mass is 16.3. The second-order valence-electron chi connectivity index (χ2n) is 9.29. The number of carbonyl (C=O) groups is 2. The van der Waals surface area contributed by atoms with Gasteiger partial charge >= 0.3 is 0 Å². The van der Waals surface area contributed by atoms with Crippen molar-refractivity contribution in [2.24, 2.45) is 0 Å². The van der Waals surface area contributed by atoms with Gasteiger partial charge in [-0.25, -0.2) is 0 Å². The summed E-state index contributed by atoms with van der Waals surface area (Å²) in [5.74, 6) is 0.502. The molecule has 1 N–H and O–H groups in total. The van der Waals surface area contributed by atoms with Crippen LogP contribution in [0.25, 0.3) is 10.9 Å². The van der Waals surface area contributed by atoms with E-state index in [2.05, 4.69) is 35.4 Å². The fraction of sp³-hybridized carbons (Fsp3) is 0.286. The van der Waals surface area contributed by atoms with Gasteiger partial charge in [-0.3, -0.25) is 9.59 Å². The second-order valence-corrected chi connectivity index (χ2v) is 9.29. The van der Waals surface area contributed by atoms with Gasteiger partial charge in [-0.05, 0) is 53.6 Å². The molecule has 6 nitrogen and oxygen atoms in total. The maximum absolute atomic E-state index is 13.7. The van der Waals surface area contributed by atoms with Crippen LogP contribution in [-0.2, 0) is 17.8 Å². The third-order valence-electron chi connectivity index (χ3n) is 7.39. The number of hydrogen-bond acceptors (Lipinski definition) is 3. The van der Waals surface area contributed by atoms with Gasteiger partial charge in [0.05, 0.1) is 6.26 Å². The summed E-state index contributed by atoms with van der Waals surface area (Å²) in [6, 6.07) is 19.3.